The molecular formula is C18H17ClN4O. The highest BCUT2D eigenvalue weighted by Crippen LogP contribution is 2.16. The fraction of sp³-hybridized carbons (Fsp3) is 0.111. The van der Waals surface area contributed by atoms with Gasteiger partial charge in [-0.15, -0.1) is 0 Å². The summed E-state index contributed by atoms with van der Waals surface area (Å²) in [4.78, 5) is 12.3. The van der Waals surface area contributed by atoms with Crippen molar-refractivity contribution in [1.82, 2.24) is 9.78 Å². The summed E-state index contributed by atoms with van der Waals surface area (Å²) in [5.41, 5.74) is 1.62. The number of carbonyl (C=O) groups is 1. The first-order chi connectivity index (χ1) is 11.6. The Morgan fingerprint density at radius 3 is 2.67 bits per heavy atom. The van der Waals surface area contributed by atoms with E-state index in [4.69, 9.17) is 11.6 Å². The van der Waals surface area contributed by atoms with Crippen LogP contribution in [-0.4, -0.2) is 21.7 Å². The molecule has 0 aliphatic heterocycles. The van der Waals surface area contributed by atoms with E-state index in [2.05, 4.69) is 15.7 Å². The number of benzene rings is 2. The van der Waals surface area contributed by atoms with Crippen LogP contribution in [-0.2, 0) is 4.79 Å². The number of nitrogens with zero attached hydrogens (tertiary/aromatic N) is 2. The number of nitrogens with one attached hydrogen (secondary N) is 2. The van der Waals surface area contributed by atoms with Gasteiger partial charge in [0.1, 0.15) is 11.9 Å². The first kappa shape index (κ1) is 16.1. The molecule has 3 rings (SSSR count). The number of hydrogen-bond donors (Lipinski definition) is 2. The van der Waals surface area contributed by atoms with Gasteiger partial charge in [0.25, 0.3) is 0 Å². The van der Waals surface area contributed by atoms with Gasteiger partial charge in [-0.3, -0.25) is 4.79 Å². The Labute approximate surface area is 145 Å². The van der Waals surface area contributed by atoms with Crippen LogP contribution in [0.1, 0.15) is 6.92 Å². The van der Waals surface area contributed by atoms with Crippen molar-refractivity contribution in [2.75, 3.05) is 10.6 Å². The second kappa shape index (κ2) is 7.19. The first-order valence-electron chi connectivity index (χ1n) is 7.56. The molecule has 122 valence electrons. The number of amides is 1. The summed E-state index contributed by atoms with van der Waals surface area (Å²) < 4.78 is 1.75. The van der Waals surface area contributed by atoms with Crippen molar-refractivity contribution in [1.29, 1.82) is 0 Å². The Bertz CT molecular complexity index is 832. The van der Waals surface area contributed by atoms with Gasteiger partial charge in [-0.05, 0) is 37.3 Å². The van der Waals surface area contributed by atoms with E-state index in [9.17, 15) is 4.79 Å². The minimum Gasteiger partial charge on any atom is -0.357 e. The second-order valence-corrected chi connectivity index (χ2v) is 5.78. The molecule has 0 spiro atoms. The molecule has 0 saturated heterocycles. The van der Waals surface area contributed by atoms with Crippen molar-refractivity contribution in [3.05, 3.63) is 71.9 Å². The Morgan fingerprint density at radius 2 is 1.92 bits per heavy atom. The summed E-state index contributed by atoms with van der Waals surface area (Å²) in [5, 5.41) is 10.9. The molecule has 1 heterocycles. The molecule has 0 radical (unpaired) electrons. The minimum absolute atomic E-state index is 0.161. The van der Waals surface area contributed by atoms with E-state index in [1.165, 1.54) is 0 Å². The van der Waals surface area contributed by atoms with Crippen molar-refractivity contribution < 1.29 is 4.79 Å². The summed E-state index contributed by atoms with van der Waals surface area (Å²) >= 11 is 5.92. The van der Waals surface area contributed by atoms with E-state index in [0.29, 0.717) is 16.5 Å². The standard InChI is InChI=1S/C18H17ClN4O/c1-13(18(24)21-15-7-5-6-14(19)12-15)20-17-10-11-23(22-17)16-8-3-2-4-9-16/h2-13H,1H3,(H,20,22)(H,21,24). The number of aromatic nitrogens is 2. The SMILES string of the molecule is CC(Nc1ccn(-c2ccccc2)n1)C(=O)Nc1cccc(Cl)c1. The largest absolute Gasteiger partial charge is 0.357 e. The van der Waals surface area contributed by atoms with Crippen molar-refractivity contribution in [2.45, 2.75) is 13.0 Å². The normalized spacial score (nSPS) is 11.8. The average molecular weight is 341 g/mol. The molecule has 6 heteroatoms. The molecule has 0 bridgehead atoms. The Morgan fingerprint density at radius 1 is 1.12 bits per heavy atom. The second-order valence-electron chi connectivity index (χ2n) is 5.35. The zero-order chi connectivity index (χ0) is 16.9. The summed E-state index contributed by atoms with van der Waals surface area (Å²) in [6.07, 6.45) is 1.85. The smallest absolute Gasteiger partial charge is 0.246 e. The molecule has 1 amide bonds. The number of carbonyl (C=O) groups excluding carboxylic acids is 1. The van der Waals surface area contributed by atoms with Gasteiger partial charge in [-0.25, -0.2) is 4.68 Å². The predicted octanol–water partition coefficient (Wildman–Crippen LogP) is 3.96. The lowest BCUT2D eigenvalue weighted by atomic mass is 10.2. The maximum atomic E-state index is 12.3. The van der Waals surface area contributed by atoms with Crippen LogP contribution in [0.2, 0.25) is 5.02 Å². The number of rotatable bonds is 5. The summed E-state index contributed by atoms with van der Waals surface area (Å²) in [7, 11) is 0. The third kappa shape index (κ3) is 3.94. The van der Waals surface area contributed by atoms with E-state index in [1.807, 2.05) is 42.6 Å². The van der Waals surface area contributed by atoms with Gasteiger partial charge in [0, 0.05) is 23.0 Å². The Hall–Kier alpha value is -2.79. The predicted molar refractivity (Wildman–Crippen MR) is 96.7 cm³/mol. The van der Waals surface area contributed by atoms with Gasteiger partial charge in [-0.1, -0.05) is 35.9 Å². The van der Waals surface area contributed by atoms with Crippen LogP contribution in [0.15, 0.2) is 66.9 Å². The molecule has 0 saturated carbocycles. The molecule has 2 aromatic carbocycles. The van der Waals surface area contributed by atoms with E-state index >= 15 is 0 Å². The molecular weight excluding hydrogens is 324 g/mol. The summed E-state index contributed by atoms with van der Waals surface area (Å²) in [6, 6.07) is 18.2. The first-order valence-corrected chi connectivity index (χ1v) is 7.94. The van der Waals surface area contributed by atoms with Crippen LogP contribution in [0.4, 0.5) is 11.5 Å². The molecule has 1 unspecified atom stereocenters. The van der Waals surface area contributed by atoms with Crippen molar-refractivity contribution >= 4 is 29.0 Å². The minimum atomic E-state index is -0.442. The van der Waals surface area contributed by atoms with Crippen LogP contribution in [0.5, 0.6) is 0 Å². The molecule has 0 aliphatic rings. The lowest BCUT2D eigenvalue weighted by Gasteiger charge is -2.13. The molecule has 1 aromatic heterocycles. The third-order valence-corrected chi connectivity index (χ3v) is 3.69. The van der Waals surface area contributed by atoms with Crippen LogP contribution in [0.3, 0.4) is 0 Å². The van der Waals surface area contributed by atoms with Crippen LogP contribution >= 0.6 is 11.6 Å². The van der Waals surface area contributed by atoms with Crippen molar-refractivity contribution in [2.24, 2.45) is 0 Å². The van der Waals surface area contributed by atoms with Gasteiger partial charge in [0.15, 0.2) is 0 Å². The summed E-state index contributed by atoms with van der Waals surface area (Å²) in [5.74, 6) is 0.471. The van der Waals surface area contributed by atoms with Crippen molar-refractivity contribution in [3.63, 3.8) is 0 Å². The lowest BCUT2D eigenvalue weighted by molar-refractivity contribution is -0.116. The monoisotopic (exact) mass is 340 g/mol. The van der Waals surface area contributed by atoms with Gasteiger partial charge in [0.05, 0.1) is 5.69 Å². The fourth-order valence-corrected chi connectivity index (χ4v) is 2.42. The third-order valence-electron chi connectivity index (χ3n) is 3.46. The highest BCUT2D eigenvalue weighted by molar-refractivity contribution is 6.30. The molecule has 5 nitrogen and oxygen atoms in total. The zero-order valence-electron chi connectivity index (χ0n) is 13.1. The molecule has 24 heavy (non-hydrogen) atoms. The summed E-state index contributed by atoms with van der Waals surface area (Å²) in [6.45, 7) is 1.78. The molecule has 2 N–H and O–H groups in total. The van der Waals surface area contributed by atoms with E-state index in [0.717, 1.165) is 5.69 Å². The maximum absolute atomic E-state index is 12.3. The van der Waals surface area contributed by atoms with Gasteiger partial charge < -0.3 is 10.6 Å². The molecule has 0 fully saturated rings. The molecule has 0 aliphatic carbocycles. The highest BCUT2D eigenvalue weighted by atomic mass is 35.5. The van der Waals surface area contributed by atoms with E-state index in [1.54, 1.807) is 35.9 Å². The number of anilines is 2. The molecule has 1 atom stereocenters. The zero-order valence-corrected chi connectivity index (χ0v) is 13.9. The molecule has 3 aromatic rings. The lowest BCUT2D eigenvalue weighted by Crippen LogP contribution is -2.32. The Kier molecular flexibility index (Phi) is 4.82. The number of para-hydroxylation sites is 1. The van der Waals surface area contributed by atoms with Crippen LogP contribution in [0.25, 0.3) is 5.69 Å². The van der Waals surface area contributed by atoms with Gasteiger partial charge in [0.2, 0.25) is 5.91 Å². The fourth-order valence-electron chi connectivity index (χ4n) is 2.23. The number of hydrogen-bond acceptors (Lipinski definition) is 3. The van der Waals surface area contributed by atoms with Crippen LogP contribution < -0.4 is 10.6 Å². The maximum Gasteiger partial charge on any atom is 0.246 e. The van der Waals surface area contributed by atoms with Gasteiger partial charge >= 0.3 is 0 Å². The van der Waals surface area contributed by atoms with Gasteiger partial charge in [-0.2, -0.15) is 5.10 Å². The van der Waals surface area contributed by atoms with E-state index < -0.39 is 6.04 Å². The number of halogens is 1. The topological polar surface area (TPSA) is 59.0 Å². The van der Waals surface area contributed by atoms with Crippen LogP contribution in [0, 0.1) is 0 Å². The quantitative estimate of drug-likeness (QED) is 0.739. The van der Waals surface area contributed by atoms with Crippen molar-refractivity contribution in [3.8, 4) is 5.69 Å². The average Bonchev–Trinajstić information content (AvgIpc) is 3.04. The highest BCUT2D eigenvalue weighted by Gasteiger charge is 2.14. The van der Waals surface area contributed by atoms with E-state index in [-0.39, 0.29) is 5.91 Å². The Balaban J connectivity index is 1.63.